The first-order valence-electron chi connectivity index (χ1n) is 10.8. The molecule has 1 aromatic heterocycles. The van der Waals surface area contributed by atoms with Crippen LogP contribution in [0.1, 0.15) is 57.6 Å². The van der Waals surface area contributed by atoms with Crippen molar-refractivity contribution in [2.24, 2.45) is 10.9 Å². The minimum Gasteiger partial charge on any atom is -0.357 e. The van der Waals surface area contributed by atoms with Crippen LogP contribution in [0.15, 0.2) is 29.4 Å². The zero-order valence-electron chi connectivity index (χ0n) is 17.6. The number of aromatic nitrogens is 1. The minimum absolute atomic E-state index is 0.0235. The summed E-state index contributed by atoms with van der Waals surface area (Å²) in [6, 6.07) is 5.85. The van der Waals surface area contributed by atoms with Crippen molar-refractivity contribution in [3.63, 3.8) is 0 Å². The number of aliphatic imine (C=N–C) groups is 1. The standard InChI is InChI=1S/C22H37N5O/c1-3-23-22(25-16-9-12-19-10-5-4-6-11-19)26-18-21(28)27(2)17-14-20-13-7-8-15-24-20/h7-8,13,15,19H,3-6,9-12,14,16-18H2,1-2H3,(H2,23,25,26). The lowest BCUT2D eigenvalue weighted by atomic mass is 9.86. The molecule has 0 aliphatic heterocycles. The zero-order chi connectivity index (χ0) is 20.0. The van der Waals surface area contributed by atoms with Crippen molar-refractivity contribution in [1.82, 2.24) is 20.5 Å². The molecule has 156 valence electrons. The Morgan fingerprint density at radius 1 is 1.25 bits per heavy atom. The third-order valence-electron chi connectivity index (χ3n) is 5.38. The van der Waals surface area contributed by atoms with Gasteiger partial charge in [-0.15, -0.1) is 0 Å². The monoisotopic (exact) mass is 387 g/mol. The second kappa shape index (κ2) is 13.1. The van der Waals surface area contributed by atoms with Crippen LogP contribution in [0.25, 0.3) is 0 Å². The van der Waals surface area contributed by atoms with E-state index in [1.165, 1.54) is 38.5 Å². The number of likely N-dealkylation sites (N-methyl/N-ethyl adjacent to an activating group) is 1. The van der Waals surface area contributed by atoms with Gasteiger partial charge in [0.2, 0.25) is 5.91 Å². The highest BCUT2D eigenvalue weighted by Gasteiger charge is 2.13. The molecule has 1 aliphatic carbocycles. The first-order chi connectivity index (χ1) is 13.7. The van der Waals surface area contributed by atoms with Crippen molar-refractivity contribution in [2.45, 2.75) is 58.3 Å². The molecule has 0 bridgehead atoms. The summed E-state index contributed by atoms with van der Waals surface area (Å²) in [7, 11) is 1.82. The number of nitrogens with one attached hydrogen (secondary N) is 2. The molecule has 0 atom stereocenters. The number of guanidine groups is 1. The molecular weight excluding hydrogens is 350 g/mol. The highest BCUT2D eigenvalue weighted by atomic mass is 16.2. The molecule has 1 fully saturated rings. The SMILES string of the molecule is CCNC(=NCC(=O)N(C)CCc1ccccn1)NCCCC1CCCCC1. The number of hydrogen-bond acceptors (Lipinski definition) is 3. The fourth-order valence-corrected chi connectivity index (χ4v) is 3.64. The van der Waals surface area contributed by atoms with Gasteiger partial charge in [-0.05, 0) is 37.8 Å². The van der Waals surface area contributed by atoms with Gasteiger partial charge in [0.05, 0.1) is 0 Å². The number of nitrogens with zero attached hydrogens (tertiary/aromatic N) is 3. The zero-order valence-corrected chi connectivity index (χ0v) is 17.6. The van der Waals surface area contributed by atoms with Gasteiger partial charge in [-0.3, -0.25) is 9.78 Å². The van der Waals surface area contributed by atoms with Crippen LogP contribution in [0.5, 0.6) is 0 Å². The largest absolute Gasteiger partial charge is 0.357 e. The Bertz CT molecular complexity index is 584. The number of hydrogen-bond donors (Lipinski definition) is 2. The summed E-state index contributed by atoms with van der Waals surface area (Å²) < 4.78 is 0. The smallest absolute Gasteiger partial charge is 0.244 e. The quantitative estimate of drug-likeness (QED) is 0.368. The van der Waals surface area contributed by atoms with Gasteiger partial charge in [0, 0.05) is 45.0 Å². The molecule has 1 amide bonds. The molecule has 0 spiro atoms. The lowest BCUT2D eigenvalue weighted by Crippen LogP contribution is -2.39. The highest BCUT2D eigenvalue weighted by Crippen LogP contribution is 2.26. The summed E-state index contributed by atoms with van der Waals surface area (Å²) in [6.45, 7) is 4.55. The van der Waals surface area contributed by atoms with Gasteiger partial charge >= 0.3 is 0 Å². The van der Waals surface area contributed by atoms with Gasteiger partial charge in [-0.2, -0.15) is 0 Å². The lowest BCUT2D eigenvalue weighted by molar-refractivity contribution is -0.128. The van der Waals surface area contributed by atoms with Crippen molar-refractivity contribution in [3.8, 4) is 0 Å². The first-order valence-corrected chi connectivity index (χ1v) is 10.8. The predicted octanol–water partition coefficient (Wildman–Crippen LogP) is 3.00. The van der Waals surface area contributed by atoms with E-state index < -0.39 is 0 Å². The summed E-state index contributed by atoms with van der Waals surface area (Å²) in [4.78, 5) is 22.8. The molecule has 6 heteroatoms. The van der Waals surface area contributed by atoms with Gasteiger partial charge in [-0.1, -0.05) is 38.2 Å². The molecule has 2 rings (SSSR count). The molecule has 0 aromatic carbocycles. The fourth-order valence-electron chi connectivity index (χ4n) is 3.64. The molecule has 1 aliphatic rings. The average Bonchev–Trinajstić information content (AvgIpc) is 2.74. The van der Waals surface area contributed by atoms with E-state index in [-0.39, 0.29) is 12.5 Å². The summed E-state index contributed by atoms with van der Waals surface area (Å²) in [5, 5.41) is 6.60. The van der Waals surface area contributed by atoms with Crippen LogP contribution in [-0.2, 0) is 11.2 Å². The van der Waals surface area contributed by atoms with Crippen LogP contribution in [0, 0.1) is 5.92 Å². The molecule has 1 aromatic rings. The van der Waals surface area contributed by atoms with Crippen LogP contribution < -0.4 is 10.6 Å². The maximum atomic E-state index is 12.4. The summed E-state index contributed by atoms with van der Waals surface area (Å²) in [6.07, 6.45) is 12.0. The van der Waals surface area contributed by atoms with E-state index in [0.717, 1.165) is 43.5 Å². The Morgan fingerprint density at radius 3 is 2.79 bits per heavy atom. The molecule has 1 saturated carbocycles. The third-order valence-corrected chi connectivity index (χ3v) is 5.38. The van der Waals surface area contributed by atoms with Gasteiger partial charge in [0.15, 0.2) is 5.96 Å². The van der Waals surface area contributed by atoms with Crippen LogP contribution in [-0.4, -0.2) is 55.0 Å². The number of rotatable bonds is 10. The predicted molar refractivity (Wildman–Crippen MR) is 115 cm³/mol. The van der Waals surface area contributed by atoms with E-state index in [2.05, 4.69) is 20.6 Å². The molecular formula is C22H37N5O. The minimum atomic E-state index is 0.0235. The molecule has 28 heavy (non-hydrogen) atoms. The van der Waals surface area contributed by atoms with E-state index >= 15 is 0 Å². The Morgan fingerprint density at radius 2 is 2.07 bits per heavy atom. The Hall–Kier alpha value is -2.11. The maximum absolute atomic E-state index is 12.4. The van der Waals surface area contributed by atoms with Gasteiger partial charge in [0.1, 0.15) is 6.54 Å². The summed E-state index contributed by atoms with van der Waals surface area (Å²) in [5.74, 6) is 1.66. The second-order valence-electron chi connectivity index (χ2n) is 7.65. The Balaban J connectivity index is 1.68. The van der Waals surface area contributed by atoms with E-state index in [1.54, 1.807) is 11.1 Å². The summed E-state index contributed by atoms with van der Waals surface area (Å²) >= 11 is 0. The topological polar surface area (TPSA) is 69.6 Å². The maximum Gasteiger partial charge on any atom is 0.244 e. The van der Waals surface area contributed by atoms with E-state index in [1.807, 2.05) is 32.2 Å². The van der Waals surface area contributed by atoms with Crippen molar-refractivity contribution in [2.75, 3.05) is 33.2 Å². The Labute approximate surface area is 170 Å². The first kappa shape index (κ1) is 22.2. The van der Waals surface area contributed by atoms with Gasteiger partial charge < -0.3 is 15.5 Å². The van der Waals surface area contributed by atoms with Crippen LogP contribution in [0.4, 0.5) is 0 Å². The number of pyridine rings is 1. The molecule has 0 unspecified atom stereocenters. The highest BCUT2D eigenvalue weighted by molar-refractivity contribution is 5.84. The average molecular weight is 388 g/mol. The van der Waals surface area contributed by atoms with Crippen molar-refractivity contribution < 1.29 is 4.79 Å². The lowest BCUT2D eigenvalue weighted by Gasteiger charge is -2.21. The van der Waals surface area contributed by atoms with Gasteiger partial charge in [0.25, 0.3) is 0 Å². The molecule has 0 radical (unpaired) electrons. The summed E-state index contributed by atoms with van der Waals surface area (Å²) in [5.41, 5.74) is 0.999. The fraction of sp³-hybridized carbons (Fsp3) is 0.682. The van der Waals surface area contributed by atoms with Crippen LogP contribution in [0.2, 0.25) is 0 Å². The number of carbonyl (C=O) groups is 1. The second-order valence-corrected chi connectivity index (χ2v) is 7.65. The van der Waals surface area contributed by atoms with E-state index in [9.17, 15) is 4.79 Å². The van der Waals surface area contributed by atoms with Crippen LogP contribution >= 0.6 is 0 Å². The van der Waals surface area contributed by atoms with E-state index in [0.29, 0.717) is 6.54 Å². The Kier molecular flexibility index (Phi) is 10.4. The molecule has 0 saturated heterocycles. The molecule has 1 heterocycles. The van der Waals surface area contributed by atoms with Crippen molar-refractivity contribution in [1.29, 1.82) is 0 Å². The normalized spacial score (nSPS) is 15.3. The van der Waals surface area contributed by atoms with Crippen LogP contribution in [0.3, 0.4) is 0 Å². The molecule has 2 N–H and O–H groups in total. The van der Waals surface area contributed by atoms with Gasteiger partial charge in [-0.25, -0.2) is 4.99 Å². The number of carbonyl (C=O) groups excluding carboxylic acids is 1. The number of amides is 1. The van der Waals surface area contributed by atoms with Crippen molar-refractivity contribution >= 4 is 11.9 Å². The van der Waals surface area contributed by atoms with E-state index in [4.69, 9.17) is 0 Å². The van der Waals surface area contributed by atoms with Crippen molar-refractivity contribution in [3.05, 3.63) is 30.1 Å². The molecule has 6 nitrogen and oxygen atoms in total. The third kappa shape index (κ3) is 8.72.